The highest BCUT2D eigenvalue weighted by molar-refractivity contribution is 5.85. The molecule has 9 nitrogen and oxygen atoms in total. The number of hydrogen-bond acceptors (Lipinski definition) is 6. The third kappa shape index (κ3) is 4.56. The summed E-state index contributed by atoms with van der Waals surface area (Å²) in [5.74, 6) is -0.572. The molecular formula is C12H13N5O4. The van der Waals surface area contributed by atoms with E-state index in [1.54, 1.807) is 6.07 Å². The average Bonchev–Trinajstić information content (AvgIpc) is 2.99. The van der Waals surface area contributed by atoms with E-state index in [-0.39, 0.29) is 18.3 Å². The van der Waals surface area contributed by atoms with Crippen LogP contribution in [0.1, 0.15) is 21.9 Å². The summed E-state index contributed by atoms with van der Waals surface area (Å²) in [7, 11) is 0. The smallest absolute Gasteiger partial charge is 0.354 e. The summed E-state index contributed by atoms with van der Waals surface area (Å²) in [6.07, 6.45) is 3.10. The first kappa shape index (κ1) is 14.4. The van der Waals surface area contributed by atoms with Crippen LogP contribution in [0.3, 0.4) is 0 Å². The van der Waals surface area contributed by atoms with E-state index in [1.165, 1.54) is 18.7 Å². The molecule has 2 heterocycles. The largest absolute Gasteiger partial charge is 0.477 e. The average molecular weight is 291 g/mol. The highest BCUT2D eigenvalue weighted by Gasteiger charge is 2.05. The van der Waals surface area contributed by atoms with Crippen LogP contribution in [0.15, 0.2) is 29.2 Å². The number of carbonyl (C=O) groups excluding carboxylic acids is 1. The molecule has 0 atom stereocenters. The first-order chi connectivity index (χ1) is 10.1. The van der Waals surface area contributed by atoms with Gasteiger partial charge in [0.2, 0.25) is 6.39 Å². The molecule has 2 rings (SSSR count). The van der Waals surface area contributed by atoms with Crippen molar-refractivity contribution in [2.45, 2.75) is 13.0 Å². The van der Waals surface area contributed by atoms with Crippen LogP contribution < -0.4 is 10.6 Å². The number of nitrogens with zero attached hydrogens (tertiary/aromatic N) is 3. The summed E-state index contributed by atoms with van der Waals surface area (Å²) >= 11 is 0. The zero-order chi connectivity index (χ0) is 15.1. The molecule has 2 aromatic heterocycles. The maximum Gasteiger partial charge on any atom is 0.354 e. The fourth-order valence-corrected chi connectivity index (χ4v) is 1.49. The minimum atomic E-state index is -1.09. The standard InChI is InChI=1S/C12H13N5O4/c18-11(19)9-2-1-8(5-14-9)6-15-12(20)13-4-3-10-16-7-21-17-10/h1-2,5,7H,3-4,6H2,(H,18,19)(H2,13,15,20). The van der Waals surface area contributed by atoms with Crippen molar-refractivity contribution in [1.29, 1.82) is 0 Å². The van der Waals surface area contributed by atoms with Crippen molar-refractivity contribution in [3.8, 4) is 0 Å². The van der Waals surface area contributed by atoms with Gasteiger partial charge in [-0.1, -0.05) is 11.2 Å². The molecule has 2 aromatic rings. The molecule has 0 fully saturated rings. The second kappa shape index (κ2) is 6.98. The number of aromatic carboxylic acids is 1. The molecule has 21 heavy (non-hydrogen) atoms. The highest BCUT2D eigenvalue weighted by Crippen LogP contribution is 2.00. The van der Waals surface area contributed by atoms with Gasteiger partial charge in [-0.05, 0) is 11.6 Å². The van der Waals surface area contributed by atoms with Crippen LogP contribution in [0.2, 0.25) is 0 Å². The lowest BCUT2D eigenvalue weighted by Crippen LogP contribution is -2.36. The van der Waals surface area contributed by atoms with Crippen molar-refractivity contribution < 1.29 is 19.2 Å². The monoisotopic (exact) mass is 291 g/mol. The van der Waals surface area contributed by atoms with Crippen LogP contribution in [0.25, 0.3) is 0 Å². The van der Waals surface area contributed by atoms with Crippen molar-refractivity contribution in [2.75, 3.05) is 6.54 Å². The first-order valence-corrected chi connectivity index (χ1v) is 6.10. The van der Waals surface area contributed by atoms with Crippen LogP contribution in [0, 0.1) is 0 Å². The highest BCUT2D eigenvalue weighted by atomic mass is 16.5. The number of carbonyl (C=O) groups is 2. The van der Waals surface area contributed by atoms with E-state index in [0.29, 0.717) is 24.4 Å². The van der Waals surface area contributed by atoms with Crippen molar-refractivity contribution in [3.05, 3.63) is 41.8 Å². The quantitative estimate of drug-likeness (QED) is 0.693. The molecule has 0 saturated carbocycles. The summed E-state index contributed by atoms with van der Waals surface area (Å²) in [5.41, 5.74) is 0.664. The van der Waals surface area contributed by atoms with E-state index < -0.39 is 5.97 Å². The first-order valence-electron chi connectivity index (χ1n) is 6.10. The van der Waals surface area contributed by atoms with E-state index in [9.17, 15) is 9.59 Å². The Hall–Kier alpha value is -2.97. The Morgan fingerprint density at radius 3 is 2.71 bits per heavy atom. The Labute approximate surface area is 119 Å². The molecule has 0 spiro atoms. The molecule has 0 aliphatic rings. The number of aromatic nitrogens is 3. The number of nitrogens with one attached hydrogen (secondary N) is 2. The minimum absolute atomic E-state index is 0.0386. The van der Waals surface area contributed by atoms with E-state index in [0.717, 1.165) is 0 Å². The van der Waals surface area contributed by atoms with E-state index in [4.69, 9.17) is 5.11 Å². The molecule has 0 aliphatic carbocycles. The Morgan fingerprint density at radius 2 is 2.10 bits per heavy atom. The molecule has 0 saturated heterocycles. The predicted octanol–water partition coefficient (Wildman–Crippen LogP) is 0.205. The Kier molecular flexibility index (Phi) is 4.80. The predicted molar refractivity (Wildman–Crippen MR) is 69.4 cm³/mol. The van der Waals surface area contributed by atoms with Crippen LogP contribution in [0.4, 0.5) is 4.79 Å². The van der Waals surface area contributed by atoms with E-state index in [2.05, 4.69) is 30.3 Å². The van der Waals surface area contributed by atoms with Crippen molar-refractivity contribution in [3.63, 3.8) is 0 Å². The van der Waals surface area contributed by atoms with Crippen molar-refractivity contribution >= 4 is 12.0 Å². The summed E-state index contributed by atoms with van der Waals surface area (Å²) in [4.78, 5) is 29.7. The van der Waals surface area contributed by atoms with Crippen molar-refractivity contribution in [2.24, 2.45) is 0 Å². The Balaban J connectivity index is 1.69. The van der Waals surface area contributed by atoms with Gasteiger partial charge in [0.15, 0.2) is 5.82 Å². The lowest BCUT2D eigenvalue weighted by atomic mass is 10.2. The number of carboxylic acids is 1. The van der Waals surface area contributed by atoms with Gasteiger partial charge in [0, 0.05) is 25.7 Å². The van der Waals surface area contributed by atoms with E-state index >= 15 is 0 Å². The Bertz CT molecular complexity index is 597. The lowest BCUT2D eigenvalue weighted by Gasteiger charge is -2.06. The fourth-order valence-electron chi connectivity index (χ4n) is 1.49. The Morgan fingerprint density at radius 1 is 1.24 bits per heavy atom. The summed E-state index contributed by atoms with van der Waals surface area (Å²) in [6, 6.07) is 2.63. The van der Waals surface area contributed by atoms with Crippen LogP contribution in [-0.2, 0) is 13.0 Å². The van der Waals surface area contributed by atoms with Gasteiger partial charge in [0.25, 0.3) is 0 Å². The zero-order valence-corrected chi connectivity index (χ0v) is 10.9. The third-order valence-electron chi connectivity index (χ3n) is 2.54. The lowest BCUT2D eigenvalue weighted by molar-refractivity contribution is 0.0690. The van der Waals surface area contributed by atoms with Gasteiger partial charge in [-0.2, -0.15) is 4.98 Å². The summed E-state index contributed by atoms with van der Waals surface area (Å²) < 4.78 is 4.57. The maximum absolute atomic E-state index is 11.5. The number of hydrogen-bond donors (Lipinski definition) is 3. The molecule has 2 amide bonds. The SMILES string of the molecule is O=C(NCCc1ncon1)NCc1ccc(C(=O)O)nc1. The number of carboxylic acid groups (broad SMARTS) is 1. The van der Waals surface area contributed by atoms with Gasteiger partial charge in [0.1, 0.15) is 5.69 Å². The molecule has 0 aromatic carbocycles. The normalized spacial score (nSPS) is 10.1. The molecule has 0 aliphatic heterocycles. The second-order valence-electron chi connectivity index (χ2n) is 4.06. The number of rotatable bonds is 6. The summed E-state index contributed by atoms with van der Waals surface area (Å²) in [5, 5.41) is 17.6. The molecule has 0 unspecified atom stereocenters. The molecule has 0 bridgehead atoms. The number of amides is 2. The minimum Gasteiger partial charge on any atom is -0.477 e. The molecule has 0 radical (unpaired) electrons. The molecular weight excluding hydrogens is 278 g/mol. The van der Waals surface area contributed by atoms with Gasteiger partial charge < -0.3 is 20.3 Å². The number of pyridine rings is 1. The zero-order valence-electron chi connectivity index (χ0n) is 10.9. The molecule has 9 heteroatoms. The third-order valence-corrected chi connectivity index (χ3v) is 2.54. The topological polar surface area (TPSA) is 130 Å². The van der Waals surface area contributed by atoms with E-state index in [1.807, 2.05) is 0 Å². The molecule has 3 N–H and O–H groups in total. The van der Waals surface area contributed by atoms with Crippen LogP contribution in [-0.4, -0.2) is 38.8 Å². The van der Waals surface area contributed by atoms with Gasteiger partial charge in [0.05, 0.1) is 0 Å². The van der Waals surface area contributed by atoms with Gasteiger partial charge in [-0.3, -0.25) is 0 Å². The van der Waals surface area contributed by atoms with Gasteiger partial charge in [-0.15, -0.1) is 0 Å². The maximum atomic E-state index is 11.5. The van der Waals surface area contributed by atoms with Crippen LogP contribution >= 0.6 is 0 Å². The number of urea groups is 1. The molecule has 110 valence electrons. The summed E-state index contributed by atoms with van der Waals surface area (Å²) in [6.45, 7) is 0.627. The second-order valence-corrected chi connectivity index (χ2v) is 4.06. The van der Waals surface area contributed by atoms with Crippen LogP contribution in [0.5, 0.6) is 0 Å². The van der Waals surface area contributed by atoms with Gasteiger partial charge in [-0.25, -0.2) is 14.6 Å². The fraction of sp³-hybridized carbons (Fsp3) is 0.250. The van der Waals surface area contributed by atoms with Crippen molar-refractivity contribution in [1.82, 2.24) is 25.8 Å². The van der Waals surface area contributed by atoms with Gasteiger partial charge >= 0.3 is 12.0 Å².